The van der Waals surface area contributed by atoms with Gasteiger partial charge in [0.2, 0.25) is 0 Å². The summed E-state index contributed by atoms with van der Waals surface area (Å²) in [5, 5.41) is 16.7. The second-order valence-electron chi connectivity index (χ2n) is 23.1. The van der Waals surface area contributed by atoms with E-state index in [2.05, 4.69) is 67.1 Å². The first-order valence-corrected chi connectivity index (χ1v) is 31.6. The summed E-state index contributed by atoms with van der Waals surface area (Å²) in [7, 11) is -6.32. The van der Waals surface area contributed by atoms with Crippen LogP contribution in [-0.2, 0) is 38.3 Å². The van der Waals surface area contributed by atoms with Crippen LogP contribution >= 0.6 is 0 Å². The SMILES string of the molecule is CC(C)(C)NC(=O)c1c[nH]c2ncc(-c3nn(CCCS(C)(=O)=O)c4cc(F)ccc34)nc12.CC(C)(C)NC(=O)c1cn(C(c2ccccc2)(c2ccccc2)c2ccccc2)c2ncc(-c3nn(CCCS(C)(=O)=O)c4cc(F)ccc34)nc12. The van der Waals surface area contributed by atoms with Crippen molar-refractivity contribution in [3.8, 4) is 22.8 Å². The quantitative estimate of drug-likeness (QED) is 0.0767. The third-order valence-electron chi connectivity index (χ3n) is 14.0. The molecule has 3 N–H and O–H groups in total. The lowest BCUT2D eigenvalue weighted by Crippen LogP contribution is -2.40. The molecular formula is C63H64F2N12O6S2. The molecule has 0 fully saturated rings. The third-order valence-corrected chi connectivity index (χ3v) is 16.0. The van der Waals surface area contributed by atoms with Crippen LogP contribution in [0.15, 0.2) is 152 Å². The van der Waals surface area contributed by atoms with Gasteiger partial charge >= 0.3 is 0 Å². The van der Waals surface area contributed by atoms with Crippen molar-refractivity contribution in [3.05, 3.63) is 192 Å². The number of aromatic amines is 1. The normalized spacial score (nSPS) is 12.4. The van der Waals surface area contributed by atoms with Crippen LogP contribution in [0.5, 0.6) is 0 Å². The minimum absolute atomic E-state index is 0.000363. The zero-order valence-corrected chi connectivity index (χ0v) is 49.9. The number of aryl methyl sites for hydroxylation is 2. The molecule has 438 valence electrons. The van der Waals surface area contributed by atoms with E-state index < -0.39 is 47.9 Å². The minimum Gasteiger partial charge on any atom is -0.347 e. The Kier molecular flexibility index (Phi) is 16.1. The molecule has 85 heavy (non-hydrogen) atoms. The molecule has 18 nitrogen and oxygen atoms in total. The van der Waals surface area contributed by atoms with Crippen LogP contribution in [0.4, 0.5) is 8.78 Å². The first-order valence-electron chi connectivity index (χ1n) is 27.5. The fourth-order valence-corrected chi connectivity index (χ4v) is 11.8. The number of rotatable bonds is 16. The van der Waals surface area contributed by atoms with Crippen molar-refractivity contribution in [2.45, 2.75) is 84.1 Å². The van der Waals surface area contributed by atoms with Gasteiger partial charge in [0.25, 0.3) is 11.8 Å². The average molecular weight is 1190 g/mol. The van der Waals surface area contributed by atoms with Gasteiger partial charge in [0.05, 0.1) is 46.1 Å². The van der Waals surface area contributed by atoms with Crippen molar-refractivity contribution in [2.24, 2.45) is 0 Å². The van der Waals surface area contributed by atoms with Crippen molar-refractivity contribution in [1.82, 2.24) is 59.7 Å². The van der Waals surface area contributed by atoms with Crippen LogP contribution in [0.3, 0.4) is 0 Å². The topological polar surface area (TPSA) is 234 Å². The fourth-order valence-electron chi connectivity index (χ4n) is 10.4. The number of halogens is 2. The Labute approximate surface area is 490 Å². The Balaban J connectivity index is 0.000000209. The van der Waals surface area contributed by atoms with Gasteiger partial charge in [-0.25, -0.2) is 45.6 Å². The molecule has 11 rings (SSSR count). The van der Waals surface area contributed by atoms with E-state index in [0.717, 1.165) is 16.7 Å². The van der Waals surface area contributed by atoms with Crippen LogP contribution in [-0.4, -0.2) is 113 Å². The Morgan fingerprint density at radius 1 is 0.565 bits per heavy atom. The summed E-state index contributed by atoms with van der Waals surface area (Å²) in [5.74, 6) is -1.49. The van der Waals surface area contributed by atoms with Crippen LogP contribution in [0, 0.1) is 11.6 Å². The standard InChI is InChI=1S/C41H39FN6O3S.C22H25FN6O3S/c1-40(2,3)45-39(49)33-27-47(41(28-15-8-5-9-16-28,29-17-10-6-11-18-29)30-19-12-7-13-20-30)38-37(33)44-34(26-43-38)36-32-22-21-31(42)25-35(32)48(46-36)23-14-24-52(4,50)51;1-22(2,3)27-21(30)15-11-24-20-19(15)26-16(12-25-20)18-14-7-6-13(23)10-17(14)29(28-18)8-5-9-33(4,31)32/h5-13,15-22,25-27H,14,23-24H2,1-4H3,(H,45,49);6-7,10-12H,5,8-9H2,1-4H3,(H,24,25)(H,27,30). The molecule has 0 aliphatic carbocycles. The highest BCUT2D eigenvalue weighted by Crippen LogP contribution is 2.44. The highest BCUT2D eigenvalue weighted by molar-refractivity contribution is 7.90. The predicted molar refractivity (Wildman–Crippen MR) is 326 cm³/mol. The van der Waals surface area contributed by atoms with Crippen molar-refractivity contribution in [2.75, 3.05) is 24.0 Å². The van der Waals surface area contributed by atoms with Gasteiger partial charge in [0, 0.05) is 59.8 Å². The number of hydrogen-bond acceptors (Lipinski definition) is 12. The highest BCUT2D eigenvalue weighted by Gasteiger charge is 2.41. The van der Waals surface area contributed by atoms with Gasteiger partial charge in [-0.15, -0.1) is 0 Å². The number of sulfone groups is 2. The van der Waals surface area contributed by atoms with Crippen molar-refractivity contribution < 1.29 is 35.2 Å². The number of hydrogen-bond donors (Lipinski definition) is 3. The molecule has 11 aromatic rings. The lowest BCUT2D eigenvalue weighted by atomic mass is 9.76. The number of nitrogens with one attached hydrogen (secondary N) is 3. The largest absolute Gasteiger partial charge is 0.347 e. The Morgan fingerprint density at radius 3 is 1.42 bits per heavy atom. The first-order chi connectivity index (χ1) is 40.3. The average Bonchev–Trinajstić information content (AvgIpc) is 1.72. The van der Waals surface area contributed by atoms with E-state index in [0.29, 0.717) is 97.4 Å². The second kappa shape index (κ2) is 23.2. The maximum Gasteiger partial charge on any atom is 0.255 e. The van der Waals surface area contributed by atoms with Gasteiger partial charge in [0.15, 0.2) is 11.3 Å². The number of amides is 2. The number of nitrogens with zero attached hydrogens (tertiary/aromatic N) is 9. The molecule has 0 saturated heterocycles. The van der Waals surface area contributed by atoms with Gasteiger partial charge in [0.1, 0.15) is 70.7 Å². The summed E-state index contributed by atoms with van der Waals surface area (Å²) in [6, 6.07) is 39.0. The number of H-pyrrole nitrogens is 1. The monoisotopic (exact) mass is 1190 g/mol. The van der Waals surface area contributed by atoms with Crippen LogP contribution < -0.4 is 10.6 Å². The minimum atomic E-state index is -3.20. The fraction of sp³-hybridized carbons (Fsp3) is 0.270. The molecule has 22 heteroatoms. The van der Waals surface area contributed by atoms with E-state index in [4.69, 9.17) is 15.1 Å². The lowest BCUT2D eigenvalue weighted by Gasteiger charge is -2.38. The summed E-state index contributed by atoms with van der Waals surface area (Å²) in [6.45, 7) is 12.0. The van der Waals surface area contributed by atoms with E-state index in [1.54, 1.807) is 33.9 Å². The van der Waals surface area contributed by atoms with E-state index >= 15 is 0 Å². The van der Waals surface area contributed by atoms with Gasteiger partial charge in [-0.2, -0.15) is 10.2 Å². The molecular weight excluding hydrogens is 1120 g/mol. The molecule has 0 spiro atoms. The van der Waals surface area contributed by atoms with Gasteiger partial charge in [-0.05, 0) is 107 Å². The number of fused-ring (bicyclic) bond motifs is 4. The van der Waals surface area contributed by atoms with Crippen LogP contribution in [0.25, 0.3) is 66.9 Å². The molecule has 0 atom stereocenters. The molecule has 0 aliphatic heterocycles. The Bertz CT molecular complexity index is 4440. The summed E-state index contributed by atoms with van der Waals surface area (Å²) in [6.07, 6.45) is 9.56. The van der Waals surface area contributed by atoms with E-state index in [9.17, 15) is 35.2 Å². The molecule has 0 aliphatic rings. The number of carbonyl (C=O) groups is 2. The van der Waals surface area contributed by atoms with Gasteiger partial charge in [-0.1, -0.05) is 91.0 Å². The van der Waals surface area contributed by atoms with Crippen molar-refractivity contribution in [3.63, 3.8) is 0 Å². The molecule has 6 heterocycles. The molecule has 0 radical (unpaired) electrons. The number of carbonyl (C=O) groups excluding carboxylic acids is 2. The molecule has 0 unspecified atom stereocenters. The second-order valence-corrected chi connectivity index (χ2v) is 27.7. The van der Waals surface area contributed by atoms with Gasteiger partial charge in [-0.3, -0.25) is 19.0 Å². The summed E-state index contributed by atoms with van der Waals surface area (Å²) < 4.78 is 80.5. The van der Waals surface area contributed by atoms with Gasteiger partial charge < -0.3 is 20.2 Å². The number of aromatic nitrogens is 10. The molecule has 0 saturated carbocycles. The highest BCUT2D eigenvalue weighted by atomic mass is 32.2. The summed E-state index contributed by atoms with van der Waals surface area (Å²) in [4.78, 5) is 49.1. The van der Waals surface area contributed by atoms with Crippen molar-refractivity contribution >= 4 is 75.6 Å². The lowest BCUT2D eigenvalue weighted by molar-refractivity contribution is 0.0911. The van der Waals surface area contributed by atoms with Crippen LogP contribution in [0.1, 0.15) is 91.8 Å². The zero-order valence-electron chi connectivity index (χ0n) is 48.2. The van der Waals surface area contributed by atoms with Crippen LogP contribution in [0.2, 0.25) is 0 Å². The van der Waals surface area contributed by atoms with E-state index in [1.807, 2.05) is 107 Å². The molecule has 2 amide bonds. The Hall–Kier alpha value is -9.02. The summed E-state index contributed by atoms with van der Waals surface area (Å²) >= 11 is 0. The molecule has 5 aromatic carbocycles. The predicted octanol–water partition coefficient (Wildman–Crippen LogP) is 10.5. The maximum atomic E-state index is 14.5. The van der Waals surface area contributed by atoms with E-state index in [1.165, 1.54) is 43.0 Å². The summed E-state index contributed by atoms with van der Waals surface area (Å²) in [5.41, 5.74) is 6.09. The number of benzene rings is 5. The Morgan fingerprint density at radius 2 is 0.988 bits per heavy atom. The maximum absolute atomic E-state index is 14.5. The smallest absolute Gasteiger partial charge is 0.255 e. The first kappa shape index (κ1) is 59.2. The zero-order chi connectivity index (χ0) is 60.6. The van der Waals surface area contributed by atoms with Crippen molar-refractivity contribution in [1.29, 1.82) is 0 Å². The molecule has 0 bridgehead atoms. The third kappa shape index (κ3) is 12.9. The van der Waals surface area contributed by atoms with E-state index in [-0.39, 0.29) is 29.9 Å². The molecule has 6 aromatic heterocycles.